The van der Waals surface area contributed by atoms with Crippen LogP contribution in [0.25, 0.3) is 0 Å². The molecule has 0 aromatic heterocycles. The fourth-order valence-electron chi connectivity index (χ4n) is 8.84. The van der Waals surface area contributed by atoms with Gasteiger partial charge in [0.25, 0.3) is 11.8 Å². The molecular weight excluding hydrogens is 522 g/mol. The highest BCUT2D eigenvalue weighted by Gasteiger charge is 2.53. The number of fused-ring (bicyclic) bond motifs is 1. The molecule has 1 aromatic carbocycles. The van der Waals surface area contributed by atoms with Crippen molar-refractivity contribution < 1.29 is 14.7 Å². The Labute approximate surface area is 245 Å². The zero-order chi connectivity index (χ0) is 27.9. The molecule has 1 N–H and O–H groups in total. The number of carbonyl (C=O) groups excluding carboxylic acids is 2. The highest BCUT2D eigenvalue weighted by atomic mass is 35.5. The van der Waals surface area contributed by atoms with Gasteiger partial charge in [-0.15, -0.1) is 0 Å². The minimum atomic E-state index is -1.14. The van der Waals surface area contributed by atoms with Crippen LogP contribution in [0.1, 0.15) is 112 Å². The van der Waals surface area contributed by atoms with Crippen molar-refractivity contribution in [3.8, 4) is 0 Å². The predicted molar refractivity (Wildman–Crippen MR) is 159 cm³/mol. The molecule has 2 amide bonds. The second-order valence-corrected chi connectivity index (χ2v) is 14.1. The molecule has 2 saturated heterocycles. The third-order valence-corrected chi connectivity index (χ3v) is 11.7. The Hall–Kier alpha value is -1.63. The van der Waals surface area contributed by atoms with Crippen LogP contribution in [0.4, 0.5) is 0 Å². The molecule has 3 aliphatic carbocycles. The Morgan fingerprint density at radius 1 is 0.850 bits per heavy atom. The van der Waals surface area contributed by atoms with E-state index >= 15 is 0 Å². The first-order valence-electron chi connectivity index (χ1n) is 16.1. The summed E-state index contributed by atoms with van der Waals surface area (Å²) in [6.45, 7) is 3.13. The first-order chi connectivity index (χ1) is 19.3. The molecule has 0 radical (unpaired) electrons. The maximum atomic E-state index is 13.4. The minimum Gasteiger partial charge on any atom is -0.380 e. The number of carbonyl (C=O) groups is 2. The number of rotatable bonds is 4. The number of aliphatic hydroxyl groups is 1. The van der Waals surface area contributed by atoms with Crippen LogP contribution in [-0.4, -0.2) is 83.0 Å². The van der Waals surface area contributed by atoms with Gasteiger partial charge in [0.15, 0.2) is 0 Å². The van der Waals surface area contributed by atoms with Gasteiger partial charge in [0.05, 0.1) is 0 Å². The standard InChI is InChI=1S/C33H48ClN3O3/c1-35-17-16-32(26-8-6-4-2-3-5-7-9-26)23-25(11-13-29(32)35)27-12-10-24(22-28(27)34)30(38)36-18-20-37(21-19-36)31(39)33(40)14-15-33/h10,12,22,25-26,29,40H,2-9,11,13-21,23H2,1H3. The average molecular weight is 570 g/mol. The summed E-state index contributed by atoms with van der Waals surface area (Å²) in [4.78, 5) is 32.0. The summed E-state index contributed by atoms with van der Waals surface area (Å²) >= 11 is 6.98. The topological polar surface area (TPSA) is 64.1 Å². The first-order valence-corrected chi connectivity index (χ1v) is 16.5. The van der Waals surface area contributed by atoms with Crippen LogP contribution in [0, 0.1) is 11.3 Å². The van der Waals surface area contributed by atoms with Crippen LogP contribution in [0.3, 0.4) is 0 Å². The second-order valence-electron chi connectivity index (χ2n) is 13.7. The number of likely N-dealkylation sites (tertiary alicyclic amines) is 1. The number of hydrogen-bond acceptors (Lipinski definition) is 4. The molecular formula is C33H48ClN3O3. The zero-order valence-electron chi connectivity index (χ0n) is 24.4. The van der Waals surface area contributed by atoms with Crippen molar-refractivity contribution in [2.45, 2.75) is 107 Å². The lowest BCUT2D eigenvalue weighted by Gasteiger charge is -2.50. The van der Waals surface area contributed by atoms with Gasteiger partial charge < -0.3 is 19.8 Å². The van der Waals surface area contributed by atoms with Crippen molar-refractivity contribution in [2.24, 2.45) is 11.3 Å². The molecule has 1 aromatic rings. The van der Waals surface area contributed by atoms with Gasteiger partial charge in [-0.2, -0.15) is 0 Å². The second kappa shape index (κ2) is 11.6. The zero-order valence-corrected chi connectivity index (χ0v) is 25.1. The van der Waals surface area contributed by atoms with Crippen LogP contribution in [-0.2, 0) is 4.79 Å². The Bertz CT molecular complexity index is 1090. The molecule has 6 nitrogen and oxygen atoms in total. The monoisotopic (exact) mass is 569 g/mol. The van der Waals surface area contributed by atoms with E-state index in [1.54, 1.807) is 4.90 Å². The van der Waals surface area contributed by atoms with Crippen molar-refractivity contribution in [1.29, 1.82) is 0 Å². The van der Waals surface area contributed by atoms with E-state index < -0.39 is 5.60 Å². The van der Waals surface area contributed by atoms with E-state index in [4.69, 9.17) is 11.6 Å². The highest BCUT2D eigenvalue weighted by Crippen LogP contribution is 2.58. The molecule has 220 valence electrons. The number of hydrogen-bond donors (Lipinski definition) is 1. The Balaban J connectivity index is 1.14. The van der Waals surface area contributed by atoms with E-state index in [1.165, 1.54) is 89.2 Å². The molecule has 5 aliphatic rings. The van der Waals surface area contributed by atoms with Gasteiger partial charge in [0.2, 0.25) is 0 Å². The van der Waals surface area contributed by atoms with Gasteiger partial charge in [-0.05, 0) is 99.9 Å². The third-order valence-electron chi connectivity index (χ3n) is 11.4. The van der Waals surface area contributed by atoms with Crippen molar-refractivity contribution in [3.05, 3.63) is 34.3 Å². The van der Waals surface area contributed by atoms with E-state index in [0.29, 0.717) is 62.0 Å². The Kier molecular flexibility index (Phi) is 8.24. The fourth-order valence-corrected chi connectivity index (χ4v) is 9.18. The summed E-state index contributed by atoms with van der Waals surface area (Å²) < 4.78 is 0. The minimum absolute atomic E-state index is 0.0196. The SMILES string of the molecule is CN1CCC2(C3CCCCCCCC3)CC(c3ccc(C(=O)N4CCN(C(=O)C5(O)CC5)CC4)cc3Cl)CCC12. The summed E-state index contributed by atoms with van der Waals surface area (Å²) in [5, 5.41) is 10.9. The van der Waals surface area contributed by atoms with Crippen LogP contribution in [0.15, 0.2) is 18.2 Å². The quantitative estimate of drug-likeness (QED) is 0.493. The molecule has 2 aliphatic heterocycles. The van der Waals surface area contributed by atoms with E-state index in [-0.39, 0.29) is 11.8 Å². The number of nitrogens with zero attached hydrogens (tertiary/aromatic N) is 3. The van der Waals surface area contributed by atoms with E-state index in [2.05, 4.69) is 18.0 Å². The number of amides is 2. The predicted octanol–water partition coefficient (Wildman–Crippen LogP) is 5.86. The highest BCUT2D eigenvalue weighted by molar-refractivity contribution is 6.31. The van der Waals surface area contributed by atoms with Crippen molar-refractivity contribution >= 4 is 23.4 Å². The molecule has 6 rings (SSSR count). The van der Waals surface area contributed by atoms with Crippen LogP contribution in [0.5, 0.6) is 0 Å². The molecule has 2 heterocycles. The first kappa shape index (κ1) is 28.5. The number of halogens is 1. The number of benzene rings is 1. The van der Waals surface area contributed by atoms with Gasteiger partial charge in [-0.1, -0.05) is 56.2 Å². The Morgan fingerprint density at radius 2 is 1.50 bits per heavy atom. The van der Waals surface area contributed by atoms with Crippen molar-refractivity contribution in [2.75, 3.05) is 39.8 Å². The lowest BCUT2D eigenvalue weighted by molar-refractivity contribution is -0.143. The van der Waals surface area contributed by atoms with E-state index in [0.717, 1.165) is 10.9 Å². The summed E-state index contributed by atoms with van der Waals surface area (Å²) in [6.07, 6.45) is 17.2. The van der Waals surface area contributed by atoms with Crippen LogP contribution in [0.2, 0.25) is 5.02 Å². The maximum absolute atomic E-state index is 13.4. The van der Waals surface area contributed by atoms with E-state index in [9.17, 15) is 14.7 Å². The summed E-state index contributed by atoms with van der Waals surface area (Å²) in [5.74, 6) is 1.07. The van der Waals surface area contributed by atoms with Crippen LogP contribution < -0.4 is 0 Å². The van der Waals surface area contributed by atoms with Crippen molar-refractivity contribution in [1.82, 2.24) is 14.7 Å². The molecule has 3 atom stereocenters. The molecule has 3 unspecified atom stereocenters. The maximum Gasteiger partial charge on any atom is 0.254 e. The summed E-state index contributed by atoms with van der Waals surface area (Å²) in [6, 6.07) is 6.70. The fraction of sp³-hybridized carbons (Fsp3) is 0.758. The Morgan fingerprint density at radius 3 is 2.15 bits per heavy atom. The molecule has 5 fully saturated rings. The summed E-state index contributed by atoms with van der Waals surface area (Å²) in [5.41, 5.74) is 1.11. The van der Waals surface area contributed by atoms with Crippen molar-refractivity contribution in [3.63, 3.8) is 0 Å². The summed E-state index contributed by atoms with van der Waals surface area (Å²) in [7, 11) is 2.35. The molecule has 0 spiro atoms. The lowest BCUT2D eigenvalue weighted by Crippen LogP contribution is -2.53. The van der Waals surface area contributed by atoms with E-state index in [1.807, 2.05) is 17.0 Å². The van der Waals surface area contributed by atoms with Gasteiger partial charge in [-0.3, -0.25) is 9.59 Å². The van der Waals surface area contributed by atoms with Crippen LogP contribution >= 0.6 is 11.6 Å². The third kappa shape index (κ3) is 5.45. The molecule has 3 saturated carbocycles. The smallest absolute Gasteiger partial charge is 0.254 e. The normalized spacial score (nSPS) is 31.7. The average Bonchev–Trinajstić information content (AvgIpc) is 3.59. The van der Waals surface area contributed by atoms with Gasteiger partial charge in [-0.25, -0.2) is 0 Å². The molecule has 7 heteroatoms. The van der Waals surface area contributed by atoms with Gasteiger partial charge in [0.1, 0.15) is 5.60 Å². The van der Waals surface area contributed by atoms with Gasteiger partial charge >= 0.3 is 0 Å². The number of piperazine rings is 1. The van der Waals surface area contributed by atoms with Gasteiger partial charge in [0, 0.05) is 42.8 Å². The molecule has 40 heavy (non-hydrogen) atoms. The largest absolute Gasteiger partial charge is 0.380 e. The lowest BCUT2D eigenvalue weighted by atomic mass is 9.57. The molecule has 0 bridgehead atoms.